The number of carbonyl (C=O) groups excluding carboxylic acids is 1. The topological polar surface area (TPSA) is 75.6 Å². The molecule has 0 aliphatic carbocycles. The fourth-order valence-corrected chi connectivity index (χ4v) is 3.49. The standard InChI is InChI=1S/C26H35NO4/c1-6-20-17-22(12-10-21(20)11-13-24(28)29)27-25(30)26(4,5)14-7-15-31-23-16-18(2)8-9-19(23)3/h8-10,12,16-17H,6-7,11,13-15H2,1-5H3,(H,27,30)(H,28,29). The lowest BCUT2D eigenvalue weighted by Gasteiger charge is -2.24. The number of anilines is 1. The third kappa shape index (κ3) is 7.42. The van der Waals surface area contributed by atoms with Gasteiger partial charge in [0.1, 0.15) is 5.75 Å². The predicted molar refractivity (Wildman–Crippen MR) is 125 cm³/mol. The highest BCUT2D eigenvalue weighted by Crippen LogP contribution is 2.27. The van der Waals surface area contributed by atoms with Gasteiger partial charge in [-0.15, -0.1) is 0 Å². The number of carboxylic acid groups (broad SMARTS) is 1. The van der Waals surface area contributed by atoms with E-state index in [9.17, 15) is 9.59 Å². The monoisotopic (exact) mass is 425 g/mol. The number of ether oxygens (including phenoxy) is 1. The van der Waals surface area contributed by atoms with Crippen LogP contribution in [0.4, 0.5) is 5.69 Å². The van der Waals surface area contributed by atoms with E-state index >= 15 is 0 Å². The number of rotatable bonds is 11. The van der Waals surface area contributed by atoms with E-state index in [0.29, 0.717) is 19.4 Å². The van der Waals surface area contributed by atoms with Crippen LogP contribution in [0, 0.1) is 19.3 Å². The van der Waals surface area contributed by atoms with E-state index in [4.69, 9.17) is 9.84 Å². The lowest BCUT2D eigenvalue weighted by Crippen LogP contribution is -2.31. The summed E-state index contributed by atoms with van der Waals surface area (Å²) < 4.78 is 5.92. The molecule has 2 rings (SSSR count). The Hall–Kier alpha value is -2.82. The van der Waals surface area contributed by atoms with Gasteiger partial charge in [0.2, 0.25) is 5.91 Å². The number of nitrogens with one attached hydrogen (secondary N) is 1. The van der Waals surface area contributed by atoms with Gasteiger partial charge in [-0.1, -0.05) is 39.0 Å². The Balaban J connectivity index is 1.91. The molecule has 0 aliphatic rings. The van der Waals surface area contributed by atoms with Crippen molar-refractivity contribution in [1.82, 2.24) is 0 Å². The van der Waals surface area contributed by atoms with E-state index in [2.05, 4.69) is 17.4 Å². The predicted octanol–water partition coefficient (Wildman–Crippen LogP) is 5.71. The summed E-state index contributed by atoms with van der Waals surface area (Å²) in [6.07, 6.45) is 2.88. The van der Waals surface area contributed by atoms with Crippen LogP contribution in [0.3, 0.4) is 0 Å². The van der Waals surface area contributed by atoms with Crippen molar-refractivity contribution in [2.45, 2.75) is 66.7 Å². The van der Waals surface area contributed by atoms with E-state index in [-0.39, 0.29) is 12.3 Å². The molecule has 0 bridgehead atoms. The number of hydrogen-bond acceptors (Lipinski definition) is 3. The molecule has 5 heteroatoms. The van der Waals surface area contributed by atoms with Crippen LogP contribution < -0.4 is 10.1 Å². The minimum atomic E-state index is -0.803. The quantitative estimate of drug-likeness (QED) is 0.452. The van der Waals surface area contributed by atoms with Crippen molar-refractivity contribution < 1.29 is 19.4 Å². The van der Waals surface area contributed by atoms with Crippen LogP contribution >= 0.6 is 0 Å². The molecule has 2 aromatic rings. The number of aliphatic carboxylic acids is 1. The van der Waals surface area contributed by atoms with Gasteiger partial charge in [-0.3, -0.25) is 9.59 Å². The fourth-order valence-electron chi connectivity index (χ4n) is 3.49. The second-order valence-electron chi connectivity index (χ2n) is 8.79. The lowest BCUT2D eigenvalue weighted by atomic mass is 9.86. The molecule has 2 aromatic carbocycles. The number of benzene rings is 2. The highest BCUT2D eigenvalue weighted by Gasteiger charge is 2.27. The van der Waals surface area contributed by atoms with Gasteiger partial charge < -0.3 is 15.2 Å². The summed E-state index contributed by atoms with van der Waals surface area (Å²) >= 11 is 0. The Labute approximate surface area is 185 Å². The molecule has 0 heterocycles. The molecule has 2 N–H and O–H groups in total. The summed E-state index contributed by atoms with van der Waals surface area (Å²) in [6, 6.07) is 11.9. The number of carbonyl (C=O) groups is 2. The molecule has 0 aromatic heterocycles. The van der Waals surface area contributed by atoms with E-state index in [1.165, 1.54) is 5.56 Å². The van der Waals surface area contributed by atoms with Crippen molar-refractivity contribution in [3.63, 3.8) is 0 Å². The zero-order valence-electron chi connectivity index (χ0n) is 19.4. The summed E-state index contributed by atoms with van der Waals surface area (Å²) in [4.78, 5) is 23.7. The Bertz CT molecular complexity index is 918. The Morgan fingerprint density at radius 2 is 1.81 bits per heavy atom. The number of carboxylic acids is 1. The minimum absolute atomic E-state index is 0.0282. The van der Waals surface area contributed by atoms with Gasteiger partial charge in [-0.25, -0.2) is 0 Å². The molecule has 0 aliphatic heterocycles. The van der Waals surface area contributed by atoms with Crippen LogP contribution in [0.1, 0.15) is 62.3 Å². The summed E-state index contributed by atoms with van der Waals surface area (Å²) in [5, 5.41) is 11.9. The first-order valence-corrected chi connectivity index (χ1v) is 11.0. The molecule has 0 unspecified atom stereocenters. The summed E-state index contributed by atoms with van der Waals surface area (Å²) in [5.74, 6) is 0.0691. The smallest absolute Gasteiger partial charge is 0.303 e. The summed E-state index contributed by atoms with van der Waals surface area (Å²) in [5.41, 5.74) is 4.59. The molecule has 0 saturated carbocycles. The number of aryl methyl sites for hydroxylation is 4. The lowest BCUT2D eigenvalue weighted by molar-refractivity contribution is -0.137. The first-order chi connectivity index (χ1) is 14.6. The van der Waals surface area contributed by atoms with Crippen LogP contribution in [0.5, 0.6) is 5.75 Å². The van der Waals surface area contributed by atoms with Crippen molar-refractivity contribution >= 4 is 17.6 Å². The SMILES string of the molecule is CCc1cc(NC(=O)C(C)(C)CCCOc2cc(C)ccc2C)ccc1CCC(=O)O. The maximum Gasteiger partial charge on any atom is 0.303 e. The summed E-state index contributed by atoms with van der Waals surface area (Å²) in [7, 11) is 0. The highest BCUT2D eigenvalue weighted by atomic mass is 16.5. The molecule has 0 fully saturated rings. The number of amides is 1. The van der Waals surface area contributed by atoms with Crippen LogP contribution in [-0.4, -0.2) is 23.6 Å². The first kappa shape index (κ1) is 24.4. The minimum Gasteiger partial charge on any atom is -0.493 e. The number of hydrogen-bond donors (Lipinski definition) is 2. The van der Waals surface area contributed by atoms with E-state index in [1.807, 2.05) is 58.9 Å². The van der Waals surface area contributed by atoms with Crippen molar-refractivity contribution in [3.8, 4) is 5.75 Å². The average molecular weight is 426 g/mol. The molecule has 168 valence electrons. The van der Waals surface area contributed by atoms with Gasteiger partial charge in [0.05, 0.1) is 6.61 Å². The zero-order valence-corrected chi connectivity index (χ0v) is 19.4. The Kier molecular flexibility index (Phi) is 8.66. The van der Waals surface area contributed by atoms with Crippen molar-refractivity contribution in [1.29, 1.82) is 0 Å². The van der Waals surface area contributed by atoms with Gasteiger partial charge >= 0.3 is 5.97 Å². The van der Waals surface area contributed by atoms with Crippen LogP contribution in [0.25, 0.3) is 0 Å². The van der Waals surface area contributed by atoms with Crippen molar-refractivity contribution in [2.24, 2.45) is 5.41 Å². The molecule has 5 nitrogen and oxygen atoms in total. The largest absolute Gasteiger partial charge is 0.493 e. The van der Waals surface area contributed by atoms with Crippen molar-refractivity contribution in [2.75, 3.05) is 11.9 Å². The molecule has 1 amide bonds. The second-order valence-corrected chi connectivity index (χ2v) is 8.79. The van der Waals surface area contributed by atoms with Gasteiger partial charge in [-0.2, -0.15) is 0 Å². The molecule has 0 spiro atoms. The normalized spacial score (nSPS) is 11.3. The molecule has 0 atom stereocenters. The van der Waals surface area contributed by atoms with Crippen LogP contribution in [-0.2, 0) is 22.4 Å². The third-order valence-electron chi connectivity index (χ3n) is 5.62. The first-order valence-electron chi connectivity index (χ1n) is 11.0. The maximum absolute atomic E-state index is 12.9. The van der Waals surface area contributed by atoms with Gasteiger partial charge in [0.25, 0.3) is 0 Å². The fraction of sp³-hybridized carbons (Fsp3) is 0.462. The molecular weight excluding hydrogens is 390 g/mol. The van der Waals surface area contributed by atoms with Crippen LogP contribution in [0.2, 0.25) is 0 Å². The van der Waals surface area contributed by atoms with E-state index in [1.54, 1.807) is 0 Å². The summed E-state index contributed by atoms with van der Waals surface area (Å²) in [6.45, 7) is 10.6. The van der Waals surface area contributed by atoms with E-state index < -0.39 is 11.4 Å². The highest BCUT2D eigenvalue weighted by molar-refractivity contribution is 5.94. The zero-order chi connectivity index (χ0) is 23.0. The van der Waals surface area contributed by atoms with Gasteiger partial charge in [0, 0.05) is 17.5 Å². The van der Waals surface area contributed by atoms with Crippen LogP contribution in [0.15, 0.2) is 36.4 Å². The molecular formula is C26H35NO4. The Morgan fingerprint density at radius 3 is 2.48 bits per heavy atom. The van der Waals surface area contributed by atoms with Gasteiger partial charge in [0.15, 0.2) is 0 Å². The third-order valence-corrected chi connectivity index (χ3v) is 5.62. The molecule has 31 heavy (non-hydrogen) atoms. The van der Waals surface area contributed by atoms with E-state index in [0.717, 1.165) is 41.0 Å². The maximum atomic E-state index is 12.9. The average Bonchev–Trinajstić information content (AvgIpc) is 2.72. The van der Waals surface area contributed by atoms with Crippen molar-refractivity contribution in [3.05, 3.63) is 58.7 Å². The Morgan fingerprint density at radius 1 is 1.06 bits per heavy atom. The van der Waals surface area contributed by atoms with Gasteiger partial charge in [-0.05, 0) is 80.0 Å². The second kappa shape index (κ2) is 11.0. The molecule has 0 radical (unpaired) electrons. The molecule has 0 saturated heterocycles.